The van der Waals surface area contributed by atoms with Crippen molar-refractivity contribution in [2.45, 2.75) is 20.0 Å². The van der Waals surface area contributed by atoms with E-state index in [-0.39, 0.29) is 0 Å². The molecule has 0 aliphatic rings. The van der Waals surface area contributed by atoms with Gasteiger partial charge in [0.25, 0.3) is 0 Å². The van der Waals surface area contributed by atoms with Gasteiger partial charge in [-0.15, -0.1) is 0 Å². The maximum atomic E-state index is 5.30. The maximum Gasteiger partial charge on any atom is 0.122 e. The van der Waals surface area contributed by atoms with Crippen LogP contribution in [-0.2, 0) is 17.8 Å². The number of rotatable bonds is 8. The number of nitrogens with zero attached hydrogens (tertiary/aromatic N) is 2. The third-order valence-corrected chi connectivity index (χ3v) is 3.26. The minimum Gasteiger partial charge on any atom is -0.497 e. The monoisotopic (exact) mass is 289 g/mol. The Morgan fingerprint density at radius 1 is 1.29 bits per heavy atom. The Hall–Kier alpha value is -1.85. The third-order valence-electron chi connectivity index (χ3n) is 3.26. The standard InChI is InChI=1S/C16H23N3O2/c1-13-9-16(21-3)10-14(18-13)12-19-7-4-5-15(19)11-17-6-8-20-2/h4-5,7,9-10,17H,6,8,11-12H2,1-3H3. The highest BCUT2D eigenvalue weighted by molar-refractivity contribution is 5.27. The first kappa shape index (κ1) is 15.5. The van der Waals surface area contributed by atoms with E-state index in [0.29, 0.717) is 0 Å². The first-order valence-corrected chi connectivity index (χ1v) is 7.08. The van der Waals surface area contributed by atoms with Crippen molar-refractivity contribution in [2.75, 3.05) is 27.4 Å². The van der Waals surface area contributed by atoms with Gasteiger partial charge in [-0.2, -0.15) is 0 Å². The molecule has 0 bridgehead atoms. The number of aryl methyl sites for hydroxylation is 1. The Balaban J connectivity index is 2.03. The molecule has 2 heterocycles. The van der Waals surface area contributed by atoms with Crippen LogP contribution in [0.4, 0.5) is 0 Å². The van der Waals surface area contributed by atoms with Crippen LogP contribution < -0.4 is 10.1 Å². The molecule has 2 aromatic heterocycles. The van der Waals surface area contributed by atoms with Gasteiger partial charge in [-0.3, -0.25) is 4.98 Å². The molecule has 0 aromatic carbocycles. The molecule has 0 aliphatic heterocycles. The van der Waals surface area contributed by atoms with Crippen molar-refractivity contribution in [3.05, 3.63) is 47.5 Å². The summed E-state index contributed by atoms with van der Waals surface area (Å²) in [6, 6.07) is 8.09. The van der Waals surface area contributed by atoms with Crippen molar-refractivity contribution in [1.29, 1.82) is 0 Å². The molecule has 1 N–H and O–H groups in total. The Labute approximate surface area is 125 Å². The molecule has 0 unspecified atom stereocenters. The molecular weight excluding hydrogens is 266 g/mol. The first-order chi connectivity index (χ1) is 10.2. The highest BCUT2D eigenvalue weighted by Crippen LogP contribution is 2.15. The van der Waals surface area contributed by atoms with E-state index in [1.54, 1.807) is 14.2 Å². The summed E-state index contributed by atoms with van der Waals surface area (Å²) < 4.78 is 12.5. The Kier molecular flexibility index (Phi) is 5.78. The Morgan fingerprint density at radius 2 is 2.14 bits per heavy atom. The first-order valence-electron chi connectivity index (χ1n) is 7.08. The lowest BCUT2D eigenvalue weighted by Gasteiger charge is -2.11. The second kappa shape index (κ2) is 7.81. The summed E-state index contributed by atoms with van der Waals surface area (Å²) in [6.07, 6.45) is 2.07. The zero-order valence-electron chi connectivity index (χ0n) is 12.9. The van der Waals surface area contributed by atoms with Crippen LogP contribution in [0.15, 0.2) is 30.5 Å². The van der Waals surface area contributed by atoms with Gasteiger partial charge in [0.1, 0.15) is 5.75 Å². The second-order valence-electron chi connectivity index (χ2n) is 4.94. The minimum absolute atomic E-state index is 0.720. The van der Waals surface area contributed by atoms with Gasteiger partial charge in [-0.05, 0) is 19.1 Å². The van der Waals surface area contributed by atoms with Gasteiger partial charge in [0.15, 0.2) is 0 Å². The van der Waals surface area contributed by atoms with Crippen LogP contribution in [0.25, 0.3) is 0 Å². The lowest BCUT2D eigenvalue weighted by molar-refractivity contribution is 0.199. The molecule has 5 nitrogen and oxygen atoms in total. The number of aromatic nitrogens is 2. The van der Waals surface area contributed by atoms with Crippen molar-refractivity contribution in [3.8, 4) is 5.75 Å². The van der Waals surface area contributed by atoms with E-state index in [0.717, 1.165) is 43.4 Å². The Morgan fingerprint density at radius 3 is 2.90 bits per heavy atom. The fraction of sp³-hybridized carbons (Fsp3) is 0.438. The maximum absolute atomic E-state index is 5.30. The van der Waals surface area contributed by atoms with Gasteiger partial charge < -0.3 is 19.4 Å². The molecule has 0 spiro atoms. The van der Waals surface area contributed by atoms with Crippen LogP contribution in [-0.4, -0.2) is 36.9 Å². The molecule has 0 radical (unpaired) electrons. The van der Waals surface area contributed by atoms with E-state index in [1.165, 1.54) is 5.69 Å². The average molecular weight is 289 g/mol. The number of hydrogen-bond donors (Lipinski definition) is 1. The SMILES string of the molecule is COCCNCc1cccn1Cc1cc(OC)cc(C)n1. The van der Waals surface area contributed by atoms with Crippen molar-refractivity contribution < 1.29 is 9.47 Å². The molecule has 2 rings (SSSR count). The van der Waals surface area contributed by atoms with Gasteiger partial charge in [0.2, 0.25) is 0 Å². The van der Waals surface area contributed by atoms with Crippen molar-refractivity contribution in [2.24, 2.45) is 0 Å². The van der Waals surface area contributed by atoms with Crippen LogP contribution in [0.2, 0.25) is 0 Å². The second-order valence-corrected chi connectivity index (χ2v) is 4.94. The molecule has 21 heavy (non-hydrogen) atoms. The number of pyridine rings is 1. The summed E-state index contributed by atoms with van der Waals surface area (Å²) in [5, 5.41) is 3.36. The van der Waals surface area contributed by atoms with E-state index < -0.39 is 0 Å². The molecule has 2 aromatic rings. The van der Waals surface area contributed by atoms with E-state index in [4.69, 9.17) is 9.47 Å². The molecule has 0 amide bonds. The van der Waals surface area contributed by atoms with Crippen molar-refractivity contribution in [1.82, 2.24) is 14.9 Å². The van der Waals surface area contributed by atoms with E-state index in [9.17, 15) is 0 Å². The van der Waals surface area contributed by atoms with E-state index in [1.807, 2.05) is 19.1 Å². The fourth-order valence-electron chi connectivity index (χ4n) is 2.23. The quantitative estimate of drug-likeness (QED) is 0.755. The molecule has 0 saturated heterocycles. The van der Waals surface area contributed by atoms with Crippen LogP contribution in [0.5, 0.6) is 5.75 Å². The lowest BCUT2D eigenvalue weighted by atomic mass is 10.3. The highest BCUT2D eigenvalue weighted by Gasteiger charge is 2.05. The zero-order chi connectivity index (χ0) is 15.1. The van der Waals surface area contributed by atoms with Gasteiger partial charge in [-0.25, -0.2) is 0 Å². The van der Waals surface area contributed by atoms with Crippen LogP contribution >= 0.6 is 0 Å². The van der Waals surface area contributed by atoms with Crippen LogP contribution in [0, 0.1) is 6.92 Å². The number of hydrogen-bond acceptors (Lipinski definition) is 4. The number of ether oxygens (including phenoxy) is 2. The largest absolute Gasteiger partial charge is 0.497 e. The molecule has 0 saturated carbocycles. The molecule has 0 atom stereocenters. The predicted octanol–water partition coefficient (Wildman–Crippen LogP) is 1.98. The van der Waals surface area contributed by atoms with Crippen molar-refractivity contribution in [3.63, 3.8) is 0 Å². The third kappa shape index (κ3) is 4.58. The number of methoxy groups -OCH3 is 2. The summed E-state index contributed by atoms with van der Waals surface area (Å²) in [6.45, 7) is 5.11. The zero-order valence-corrected chi connectivity index (χ0v) is 12.9. The summed E-state index contributed by atoms with van der Waals surface area (Å²) >= 11 is 0. The minimum atomic E-state index is 0.720. The molecule has 0 fully saturated rings. The van der Waals surface area contributed by atoms with E-state index >= 15 is 0 Å². The van der Waals surface area contributed by atoms with Gasteiger partial charge in [0, 0.05) is 49.9 Å². The molecular formula is C16H23N3O2. The lowest BCUT2D eigenvalue weighted by Crippen LogP contribution is -2.20. The molecule has 5 heteroatoms. The van der Waals surface area contributed by atoms with Crippen molar-refractivity contribution >= 4 is 0 Å². The van der Waals surface area contributed by atoms with Crippen LogP contribution in [0.3, 0.4) is 0 Å². The average Bonchev–Trinajstić information content (AvgIpc) is 2.90. The highest BCUT2D eigenvalue weighted by atomic mass is 16.5. The van der Waals surface area contributed by atoms with Gasteiger partial charge in [-0.1, -0.05) is 0 Å². The van der Waals surface area contributed by atoms with Gasteiger partial charge in [0.05, 0.1) is 26.0 Å². The molecule has 0 aliphatic carbocycles. The van der Waals surface area contributed by atoms with E-state index in [2.05, 4.69) is 33.2 Å². The fourth-order valence-corrected chi connectivity index (χ4v) is 2.23. The van der Waals surface area contributed by atoms with Gasteiger partial charge >= 0.3 is 0 Å². The topological polar surface area (TPSA) is 48.3 Å². The smallest absolute Gasteiger partial charge is 0.122 e. The summed E-state index contributed by atoms with van der Waals surface area (Å²) in [4.78, 5) is 4.57. The number of nitrogens with one attached hydrogen (secondary N) is 1. The molecule has 114 valence electrons. The summed E-state index contributed by atoms with van der Waals surface area (Å²) in [7, 11) is 3.39. The van der Waals surface area contributed by atoms with Crippen LogP contribution in [0.1, 0.15) is 17.1 Å². The summed E-state index contributed by atoms with van der Waals surface area (Å²) in [5.74, 6) is 0.851. The predicted molar refractivity (Wildman–Crippen MR) is 82.6 cm³/mol. The summed E-state index contributed by atoms with van der Waals surface area (Å²) in [5.41, 5.74) is 3.20. The Bertz CT molecular complexity index is 566. The normalized spacial score (nSPS) is 10.8.